The maximum absolute atomic E-state index is 12.9. The van der Waals surface area contributed by atoms with Gasteiger partial charge in [0, 0.05) is 4.90 Å². The Bertz CT molecular complexity index is 812. The first-order valence-corrected chi connectivity index (χ1v) is 9.36. The van der Waals surface area contributed by atoms with E-state index in [0.29, 0.717) is 6.42 Å². The van der Waals surface area contributed by atoms with Crippen molar-refractivity contribution in [3.8, 4) is 0 Å². The maximum atomic E-state index is 12.9. The zero-order valence-corrected chi connectivity index (χ0v) is 15.9. The van der Waals surface area contributed by atoms with E-state index in [4.69, 9.17) is 11.6 Å². The van der Waals surface area contributed by atoms with E-state index in [1.807, 2.05) is 30.3 Å². The van der Waals surface area contributed by atoms with Crippen molar-refractivity contribution < 1.29 is 22.8 Å². The second kappa shape index (κ2) is 9.28. The van der Waals surface area contributed by atoms with Crippen molar-refractivity contribution >= 4 is 35.1 Å². The van der Waals surface area contributed by atoms with Gasteiger partial charge in [-0.2, -0.15) is 13.2 Å². The molecule has 0 saturated carbocycles. The first-order valence-electron chi connectivity index (χ1n) is 8.00. The highest BCUT2D eigenvalue weighted by atomic mass is 35.5. The van der Waals surface area contributed by atoms with E-state index in [-0.39, 0.29) is 16.4 Å². The van der Waals surface area contributed by atoms with Crippen molar-refractivity contribution in [3.63, 3.8) is 0 Å². The largest absolute Gasteiger partial charge is 0.417 e. The molecule has 2 aromatic rings. The lowest BCUT2D eigenvalue weighted by molar-refractivity contribution is -0.137. The van der Waals surface area contributed by atoms with Gasteiger partial charge in [0.05, 0.1) is 22.4 Å². The van der Waals surface area contributed by atoms with Crippen molar-refractivity contribution in [2.75, 3.05) is 5.75 Å². The molecule has 8 heteroatoms. The number of ketones is 1. The lowest BCUT2D eigenvalue weighted by Crippen LogP contribution is -2.42. The van der Waals surface area contributed by atoms with Crippen molar-refractivity contribution in [1.82, 2.24) is 5.32 Å². The van der Waals surface area contributed by atoms with Crippen LogP contribution in [-0.4, -0.2) is 23.5 Å². The van der Waals surface area contributed by atoms with E-state index in [0.717, 1.165) is 29.5 Å². The number of carbonyl (C=O) groups excluding carboxylic acids is 2. The molecule has 0 aromatic heterocycles. The summed E-state index contributed by atoms with van der Waals surface area (Å²) < 4.78 is 38.7. The van der Waals surface area contributed by atoms with Crippen LogP contribution >= 0.6 is 23.4 Å². The molecular formula is C19H17ClF3NO2S. The zero-order valence-electron chi connectivity index (χ0n) is 14.3. The molecule has 0 saturated heterocycles. The summed E-state index contributed by atoms with van der Waals surface area (Å²) in [5, 5.41) is 2.24. The quantitative estimate of drug-likeness (QED) is 0.663. The van der Waals surface area contributed by atoms with E-state index >= 15 is 0 Å². The summed E-state index contributed by atoms with van der Waals surface area (Å²) in [7, 11) is 0. The molecule has 1 atom stereocenters. The van der Waals surface area contributed by atoms with E-state index in [2.05, 4.69) is 5.32 Å². The van der Waals surface area contributed by atoms with Gasteiger partial charge < -0.3 is 5.32 Å². The Labute approximate surface area is 164 Å². The Morgan fingerprint density at radius 3 is 2.41 bits per heavy atom. The van der Waals surface area contributed by atoms with Crippen LogP contribution in [0, 0.1) is 0 Å². The number of carbonyl (C=O) groups is 2. The van der Waals surface area contributed by atoms with E-state index < -0.39 is 28.7 Å². The molecule has 144 valence electrons. The second-order valence-electron chi connectivity index (χ2n) is 5.85. The van der Waals surface area contributed by atoms with Crippen LogP contribution in [0.4, 0.5) is 13.2 Å². The molecule has 0 fully saturated rings. The number of hydrogen-bond donors (Lipinski definition) is 1. The molecule has 1 N–H and O–H groups in total. The maximum Gasteiger partial charge on any atom is 0.417 e. The van der Waals surface area contributed by atoms with Gasteiger partial charge in [0.2, 0.25) is 5.91 Å². The Kier molecular flexibility index (Phi) is 7.33. The minimum absolute atomic E-state index is 0.114. The van der Waals surface area contributed by atoms with Crippen LogP contribution in [-0.2, 0) is 22.2 Å². The van der Waals surface area contributed by atoms with Gasteiger partial charge in [-0.3, -0.25) is 9.59 Å². The molecule has 0 aliphatic rings. The second-order valence-corrected chi connectivity index (χ2v) is 7.30. The van der Waals surface area contributed by atoms with E-state index in [1.54, 1.807) is 0 Å². The number of thioether (sulfide) groups is 1. The molecule has 27 heavy (non-hydrogen) atoms. The minimum Gasteiger partial charge on any atom is -0.345 e. The highest BCUT2D eigenvalue weighted by Crippen LogP contribution is 2.36. The lowest BCUT2D eigenvalue weighted by Gasteiger charge is -2.16. The fourth-order valence-corrected chi connectivity index (χ4v) is 3.31. The van der Waals surface area contributed by atoms with Gasteiger partial charge in [0.15, 0.2) is 5.78 Å². The van der Waals surface area contributed by atoms with Crippen LogP contribution in [0.1, 0.15) is 18.1 Å². The fourth-order valence-electron chi connectivity index (χ4n) is 2.34. The monoisotopic (exact) mass is 415 g/mol. The summed E-state index contributed by atoms with van der Waals surface area (Å²) in [6.45, 7) is 1.38. The van der Waals surface area contributed by atoms with Gasteiger partial charge in [-0.25, -0.2) is 0 Å². The van der Waals surface area contributed by atoms with Gasteiger partial charge in [0.1, 0.15) is 0 Å². The third-order valence-electron chi connectivity index (χ3n) is 3.72. The number of halogens is 4. The molecule has 0 heterocycles. The van der Waals surface area contributed by atoms with Gasteiger partial charge in [0.25, 0.3) is 0 Å². The molecule has 0 aliphatic heterocycles. The predicted molar refractivity (Wildman–Crippen MR) is 99.9 cm³/mol. The van der Waals surface area contributed by atoms with Crippen LogP contribution in [0.2, 0.25) is 5.02 Å². The SMILES string of the molecule is CC(=O)C(Cc1ccccc1)NC(=O)CSc1ccc(Cl)c(C(F)(F)F)c1. The van der Waals surface area contributed by atoms with Crippen LogP contribution < -0.4 is 5.32 Å². The molecule has 1 amide bonds. The van der Waals surface area contributed by atoms with E-state index in [1.165, 1.54) is 13.0 Å². The molecule has 2 rings (SSSR count). The molecule has 2 aromatic carbocycles. The molecule has 0 bridgehead atoms. The van der Waals surface area contributed by atoms with Crippen molar-refractivity contribution in [1.29, 1.82) is 0 Å². The van der Waals surface area contributed by atoms with Crippen molar-refractivity contribution in [2.45, 2.75) is 30.5 Å². The van der Waals surface area contributed by atoms with Gasteiger partial charge in [-0.1, -0.05) is 41.9 Å². The Morgan fingerprint density at radius 2 is 1.81 bits per heavy atom. The van der Waals surface area contributed by atoms with Gasteiger partial charge >= 0.3 is 6.18 Å². The predicted octanol–water partition coefficient (Wildman–Crippen LogP) is 4.77. The van der Waals surface area contributed by atoms with Crippen LogP contribution in [0.15, 0.2) is 53.4 Å². The Morgan fingerprint density at radius 1 is 1.15 bits per heavy atom. The topological polar surface area (TPSA) is 46.2 Å². The number of benzene rings is 2. The Hall–Kier alpha value is -1.99. The van der Waals surface area contributed by atoms with Crippen molar-refractivity contribution in [3.05, 3.63) is 64.7 Å². The van der Waals surface area contributed by atoms with Crippen LogP contribution in [0.3, 0.4) is 0 Å². The Balaban J connectivity index is 1.97. The zero-order chi connectivity index (χ0) is 20.0. The summed E-state index contributed by atoms with van der Waals surface area (Å²) >= 11 is 6.52. The van der Waals surface area contributed by atoms with Crippen molar-refractivity contribution in [2.24, 2.45) is 0 Å². The first-order chi connectivity index (χ1) is 12.7. The average molecular weight is 416 g/mol. The number of rotatable bonds is 7. The summed E-state index contributed by atoms with van der Waals surface area (Å²) in [6, 6.07) is 12.0. The van der Waals surface area contributed by atoms with E-state index in [9.17, 15) is 22.8 Å². The number of Topliss-reactive ketones (excluding diaryl/α,β-unsaturated/α-hetero) is 1. The van der Waals surface area contributed by atoms with Crippen LogP contribution in [0.5, 0.6) is 0 Å². The number of hydrogen-bond acceptors (Lipinski definition) is 3. The molecule has 0 radical (unpaired) electrons. The van der Waals surface area contributed by atoms with Gasteiger partial charge in [-0.15, -0.1) is 11.8 Å². The van der Waals surface area contributed by atoms with Crippen LogP contribution in [0.25, 0.3) is 0 Å². The average Bonchev–Trinajstić information content (AvgIpc) is 2.60. The van der Waals surface area contributed by atoms with Gasteiger partial charge in [-0.05, 0) is 37.1 Å². The summed E-state index contributed by atoms with van der Waals surface area (Å²) in [5.74, 6) is -0.736. The standard InChI is InChI=1S/C19H17ClF3NO2S/c1-12(25)17(9-13-5-3-2-4-6-13)24-18(26)11-27-14-7-8-16(20)15(10-14)19(21,22)23/h2-8,10,17H,9,11H2,1H3,(H,24,26). The number of alkyl halides is 3. The third kappa shape index (κ3) is 6.59. The summed E-state index contributed by atoms with van der Waals surface area (Å²) in [5.41, 5.74) is -0.0431. The molecule has 0 spiro atoms. The molecule has 1 unspecified atom stereocenters. The fraction of sp³-hybridized carbons (Fsp3) is 0.263. The number of amides is 1. The highest BCUT2D eigenvalue weighted by molar-refractivity contribution is 8.00. The minimum atomic E-state index is -4.56. The molecule has 3 nitrogen and oxygen atoms in total. The highest BCUT2D eigenvalue weighted by Gasteiger charge is 2.33. The lowest BCUT2D eigenvalue weighted by atomic mass is 10.0. The smallest absolute Gasteiger partial charge is 0.345 e. The number of nitrogens with one attached hydrogen (secondary N) is 1. The normalized spacial score (nSPS) is 12.5. The third-order valence-corrected chi connectivity index (χ3v) is 5.05. The molecule has 0 aliphatic carbocycles. The summed E-state index contributed by atoms with van der Waals surface area (Å²) in [6.07, 6.45) is -4.21. The first kappa shape index (κ1) is 21.3. The summed E-state index contributed by atoms with van der Waals surface area (Å²) in [4.78, 5) is 24.2. The molecular weight excluding hydrogens is 399 g/mol.